The number of carbonyl (C=O) groups is 2. The molecule has 0 bridgehead atoms. The molecular weight excluding hydrogens is 332 g/mol. The van der Waals surface area contributed by atoms with Crippen molar-refractivity contribution in [2.75, 3.05) is 38.2 Å². The molecule has 0 radical (unpaired) electrons. The van der Waals surface area contributed by atoms with E-state index in [2.05, 4.69) is 10.2 Å². The molecule has 136 valence electrons. The van der Waals surface area contributed by atoms with Gasteiger partial charge < -0.3 is 15.2 Å². The maximum absolute atomic E-state index is 12.5. The number of hydrogen-bond donors (Lipinski definition) is 2. The van der Waals surface area contributed by atoms with Gasteiger partial charge in [0, 0.05) is 30.9 Å². The Labute approximate surface area is 152 Å². The Bertz CT molecular complexity index is 768. The van der Waals surface area contributed by atoms with E-state index in [1.54, 1.807) is 0 Å². The first-order valence-electron chi connectivity index (χ1n) is 8.66. The van der Waals surface area contributed by atoms with Crippen LogP contribution in [-0.2, 0) is 11.2 Å². The summed E-state index contributed by atoms with van der Waals surface area (Å²) in [5.41, 5.74) is 2.45. The Morgan fingerprint density at radius 1 is 1.00 bits per heavy atom. The van der Waals surface area contributed by atoms with E-state index in [9.17, 15) is 9.59 Å². The highest BCUT2D eigenvalue weighted by molar-refractivity contribution is 6.05. The lowest BCUT2D eigenvalue weighted by molar-refractivity contribution is 0.0384. The summed E-state index contributed by atoms with van der Waals surface area (Å²) in [6, 6.07) is 13.7. The van der Waals surface area contributed by atoms with Gasteiger partial charge in [-0.1, -0.05) is 18.2 Å². The van der Waals surface area contributed by atoms with Crippen molar-refractivity contribution >= 4 is 17.6 Å². The van der Waals surface area contributed by atoms with Crippen LogP contribution in [-0.4, -0.2) is 54.7 Å². The summed E-state index contributed by atoms with van der Waals surface area (Å²) in [5.74, 6) is -1.26. The zero-order valence-electron chi connectivity index (χ0n) is 14.5. The van der Waals surface area contributed by atoms with E-state index in [-0.39, 0.29) is 11.5 Å². The van der Waals surface area contributed by atoms with E-state index >= 15 is 0 Å². The monoisotopic (exact) mass is 354 g/mol. The topological polar surface area (TPSA) is 78.9 Å². The largest absolute Gasteiger partial charge is 0.478 e. The van der Waals surface area contributed by atoms with Crippen LogP contribution in [0.2, 0.25) is 0 Å². The van der Waals surface area contributed by atoms with Gasteiger partial charge in [0.1, 0.15) is 0 Å². The molecule has 1 aliphatic rings. The lowest BCUT2D eigenvalue weighted by Gasteiger charge is -2.26. The summed E-state index contributed by atoms with van der Waals surface area (Å²) < 4.78 is 5.36. The third-order valence-corrected chi connectivity index (χ3v) is 4.46. The molecule has 2 N–H and O–H groups in total. The van der Waals surface area contributed by atoms with Crippen molar-refractivity contribution in [3.63, 3.8) is 0 Å². The number of ether oxygens (including phenoxy) is 1. The summed E-state index contributed by atoms with van der Waals surface area (Å²) in [6.45, 7) is 4.33. The highest BCUT2D eigenvalue weighted by Crippen LogP contribution is 2.18. The standard InChI is InChI=1S/C20H22N2O4/c23-19(16-5-7-17(8-6-16)20(24)25)21-18-4-2-1-3-15(18)9-10-22-11-13-26-14-12-22/h1-8H,9-14H2,(H,21,23)(H,24,25). The highest BCUT2D eigenvalue weighted by Gasteiger charge is 2.13. The maximum atomic E-state index is 12.5. The highest BCUT2D eigenvalue weighted by atomic mass is 16.5. The van der Waals surface area contributed by atoms with Gasteiger partial charge in [0.25, 0.3) is 5.91 Å². The molecule has 0 unspecified atom stereocenters. The number of nitrogens with one attached hydrogen (secondary N) is 1. The summed E-state index contributed by atoms with van der Waals surface area (Å²) in [4.78, 5) is 25.7. The van der Waals surface area contributed by atoms with Crippen LogP contribution in [0.15, 0.2) is 48.5 Å². The van der Waals surface area contributed by atoms with Crippen molar-refractivity contribution in [1.29, 1.82) is 0 Å². The molecule has 1 aliphatic heterocycles. The minimum Gasteiger partial charge on any atom is -0.478 e. The predicted octanol–water partition coefficient (Wildman–Crippen LogP) is 2.51. The second-order valence-corrected chi connectivity index (χ2v) is 6.20. The molecule has 1 saturated heterocycles. The number of benzene rings is 2. The lowest BCUT2D eigenvalue weighted by atomic mass is 10.1. The minimum atomic E-state index is -1.01. The zero-order chi connectivity index (χ0) is 18.4. The van der Waals surface area contributed by atoms with Crippen LogP contribution < -0.4 is 5.32 Å². The van der Waals surface area contributed by atoms with E-state index in [1.165, 1.54) is 24.3 Å². The molecule has 2 aromatic rings. The van der Waals surface area contributed by atoms with Crippen LogP contribution in [0.1, 0.15) is 26.3 Å². The first kappa shape index (κ1) is 18.1. The van der Waals surface area contributed by atoms with Gasteiger partial charge in [-0.15, -0.1) is 0 Å². The van der Waals surface area contributed by atoms with Gasteiger partial charge >= 0.3 is 5.97 Å². The van der Waals surface area contributed by atoms with E-state index < -0.39 is 5.97 Å². The van der Waals surface area contributed by atoms with Gasteiger partial charge in [-0.3, -0.25) is 9.69 Å². The number of hydrogen-bond acceptors (Lipinski definition) is 4. The Kier molecular flexibility index (Phi) is 5.99. The van der Waals surface area contributed by atoms with Gasteiger partial charge in [-0.2, -0.15) is 0 Å². The van der Waals surface area contributed by atoms with E-state index in [1.807, 2.05) is 24.3 Å². The fourth-order valence-electron chi connectivity index (χ4n) is 2.92. The number of aromatic carboxylic acids is 1. The number of para-hydroxylation sites is 1. The molecule has 6 nitrogen and oxygen atoms in total. The van der Waals surface area contributed by atoms with Gasteiger partial charge in [0.15, 0.2) is 0 Å². The molecule has 6 heteroatoms. The molecule has 2 aromatic carbocycles. The third-order valence-electron chi connectivity index (χ3n) is 4.46. The first-order valence-corrected chi connectivity index (χ1v) is 8.66. The molecule has 1 heterocycles. The Morgan fingerprint density at radius 3 is 2.35 bits per heavy atom. The third kappa shape index (κ3) is 4.68. The molecule has 0 saturated carbocycles. The SMILES string of the molecule is O=C(O)c1ccc(C(=O)Nc2ccccc2CCN2CCOCC2)cc1. The predicted molar refractivity (Wildman–Crippen MR) is 98.8 cm³/mol. The second kappa shape index (κ2) is 8.60. The summed E-state index contributed by atoms with van der Waals surface area (Å²) in [7, 11) is 0. The van der Waals surface area contributed by atoms with Crippen LogP contribution in [0.4, 0.5) is 5.69 Å². The maximum Gasteiger partial charge on any atom is 0.335 e. The van der Waals surface area contributed by atoms with Crippen LogP contribution in [0, 0.1) is 0 Å². The van der Waals surface area contributed by atoms with Gasteiger partial charge in [-0.25, -0.2) is 4.79 Å². The molecule has 26 heavy (non-hydrogen) atoms. The van der Waals surface area contributed by atoms with E-state index in [0.29, 0.717) is 5.56 Å². The molecular formula is C20H22N2O4. The van der Waals surface area contributed by atoms with Crippen LogP contribution >= 0.6 is 0 Å². The first-order chi connectivity index (χ1) is 12.6. The van der Waals surface area contributed by atoms with Crippen LogP contribution in [0.5, 0.6) is 0 Å². The second-order valence-electron chi connectivity index (χ2n) is 6.20. The Morgan fingerprint density at radius 2 is 1.65 bits per heavy atom. The lowest BCUT2D eigenvalue weighted by Crippen LogP contribution is -2.37. The van der Waals surface area contributed by atoms with Crippen molar-refractivity contribution in [1.82, 2.24) is 4.90 Å². The van der Waals surface area contributed by atoms with Crippen molar-refractivity contribution in [3.8, 4) is 0 Å². The quantitative estimate of drug-likeness (QED) is 0.833. The summed E-state index contributed by atoms with van der Waals surface area (Å²) in [5, 5.41) is 11.9. The Hall–Kier alpha value is -2.70. The van der Waals surface area contributed by atoms with Gasteiger partial charge in [-0.05, 0) is 42.3 Å². The van der Waals surface area contributed by atoms with Crippen molar-refractivity contribution in [3.05, 3.63) is 65.2 Å². The molecule has 0 aliphatic carbocycles. The average molecular weight is 354 g/mol. The number of anilines is 1. The fraction of sp³-hybridized carbons (Fsp3) is 0.300. The molecule has 3 rings (SSSR count). The number of carbonyl (C=O) groups excluding carboxylic acids is 1. The van der Waals surface area contributed by atoms with Crippen LogP contribution in [0.3, 0.4) is 0 Å². The number of carboxylic acids is 1. The van der Waals surface area contributed by atoms with E-state index in [0.717, 1.165) is 50.5 Å². The molecule has 1 fully saturated rings. The van der Waals surface area contributed by atoms with E-state index in [4.69, 9.17) is 9.84 Å². The van der Waals surface area contributed by atoms with Gasteiger partial charge in [0.2, 0.25) is 0 Å². The number of amides is 1. The smallest absolute Gasteiger partial charge is 0.335 e. The summed E-state index contributed by atoms with van der Waals surface area (Å²) in [6.07, 6.45) is 0.842. The molecule has 0 atom stereocenters. The van der Waals surface area contributed by atoms with Crippen molar-refractivity contribution < 1.29 is 19.4 Å². The zero-order valence-corrected chi connectivity index (χ0v) is 14.5. The average Bonchev–Trinajstić information content (AvgIpc) is 2.68. The van der Waals surface area contributed by atoms with Crippen LogP contribution in [0.25, 0.3) is 0 Å². The fourth-order valence-corrected chi connectivity index (χ4v) is 2.92. The summed E-state index contributed by atoms with van der Waals surface area (Å²) >= 11 is 0. The van der Waals surface area contributed by atoms with Crippen molar-refractivity contribution in [2.45, 2.75) is 6.42 Å². The molecule has 0 aromatic heterocycles. The number of carboxylic acid groups (broad SMARTS) is 1. The molecule has 1 amide bonds. The minimum absolute atomic E-state index is 0.160. The van der Waals surface area contributed by atoms with Gasteiger partial charge in [0.05, 0.1) is 18.8 Å². The Balaban J connectivity index is 1.65. The normalized spacial score (nSPS) is 14.8. The molecule has 0 spiro atoms. The number of morpholine rings is 1. The number of rotatable bonds is 6. The number of nitrogens with zero attached hydrogens (tertiary/aromatic N) is 1. The van der Waals surface area contributed by atoms with Crippen molar-refractivity contribution in [2.24, 2.45) is 0 Å².